The molecule has 25 heavy (non-hydrogen) atoms. The van der Waals surface area contributed by atoms with Crippen molar-refractivity contribution in [2.24, 2.45) is 5.92 Å². The molecular weight excluding hydrogens is 312 g/mol. The quantitative estimate of drug-likeness (QED) is 0.803. The highest BCUT2D eigenvalue weighted by Gasteiger charge is 2.24. The third-order valence-electron chi connectivity index (χ3n) is 4.84. The Labute approximate surface area is 151 Å². The minimum atomic E-state index is 0.185. The number of nitrogens with zero attached hydrogens (tertiary/aromatic N) is 4. The summed E-state index contributed by atoms with van der Waals surface area (Å²) >= 11 is 0. The molecule has 0 saturated carbocycles. The lowest BCUT2D eigenvalue weighted by Gasteiger charge is -2.25. The van der Waals surface area contributed by atoms with Crippen molar-refractivity contribution in [2.75, 3.05) is 26.2 Å². The van der Waals surface area contributed by atoms with Crippen molar-refractivity contribution in [1.29, 1.82) is 0 Å². The normalized spacial score (nSPS) is 18.4. The van der Waals surface area contributed by atoms with Crippen LogP contribution in [-0.4, -0.2) is 46.2 Å². The van der Waals surface area contributed by atoms with Crippen molar-refractivity contribution >= 4 is 0 Å². The maximum absolute atomic E-state index is 5.90. The van der Waals surface area contributed by atoms with Crippen molar-refractivity contribution in [3.63, 3.8) is 0 Å². The molecule has 0 bridgehead atoms. The van der Waals surface area contributed by atoms with Crippen LogP contribution >= 0.6 is 0 Å². The van der Waals surface area contributed by atoms with Gasteiger partial charge in [-0.05, 0) is 31.4 Å². The Morgan fingerprint density at radius 2 is 1.80 bits per heavy atom. The Balaban J connectivity index is 1.56. The largest absolute Gasteiger partial charge is 0.424 e. The van der Waals surface area contributed by atoms with Crippen LogP contribution < -0.4 is 0 Å². The fraction of sp³-hybridized carbons (Fsp3) is 0.600. The van der Waals surface area contributed by atoms with Crippen molar-refractivity contribution in [3.05, 3.63) is 47.7 Å². The highest BCUT2D eigenvalue weighted by Crippen LogP contribution is 2.22. The molecule has 1 fully saturated rings. The van der Waals surface area contributed by atoms with Gasteiger partial charge in [-0.25, -0.2) is 0 Å². The highest BCUT2D eigenvalue weighted by molar-refractivity contribution is 5.14. The van der Waals surface area contributed by atoms with Gasteiger partial charge in [-0.15, -0.1) is 10.2 Å². The van der Waals surface area contributed by atoms with Gasteiger partial charge < -0.3 is 4.42 Å². The summed E-state index contributed by atoms with van der Waals surface area (Å²) in [5.74, 6) is 2.05. The molecule has 0 radical (unpaired) electrons. The molecule has 0 spiro atoms. The standard InChI is InChI=1S/C20H30N4O/c1-16(2)14-19-21-22-20(25-19)17(3)24-11-7-10-23(12-13-24)15-18-8-5-4-6-9-18/h4-6,8-9,16-17H,7,10-15H2,1-3H3/t17-/m1/s1. The average molecular weight is 342 g/mol. The smallest absolute Gasteiger partial charge is 0.233 e. The van der Waals surface area contributed by atoms with Gasteiger partial charge in [0.1, 0.15) is 0 Å². The van der Waals surface area contributed by atoms with Gasteiger partial charge in [0, 0.05) is 32.6 Å². The van der Waals surface area contributed by atoms with E-state index in [1.807, 2.05) is 0 Å². The summed E-state index contributed by atoms with van der Waals surface area (Å²) in [4.78, 5) is 5.01. The molecule has 136 valence electrons. The molecule has 2 aromatic rings. The first-order valence-electron chi connectivity index (χ1n) is 9.44. The predicted octanol–water partition coefficient (Wildman–Crippen LogP) is 3.54. The first-order chi connectivity index (χ1) is 12.1. The van der Waals surface area contributed by atoms with Gasteiger partial charge >= 0.3 is 0 Å². The van der Waals surface area contributed by atoms with E-state index < -0.39 is 0 Å². The van der Waals surface area contributed by atoms with Gasteiger partial charge in [-0.2, -0.15) is 0 Å². The van der Waals surface area contributed by atoms with Gasteiger partial charge in [-0.1, -0.05) is 44.2 Å². The lowest BCUT2D eigenvalue weighted by atomic mass is 10.1. The molecular formula is C20H30N4O. The van der Waals surface area contributed by atoms with Crippen LogP contribution in [0.3, 0.4) is 0 Å². The van der Waals surface area contributed by atoms with Crippen LogP contribution in [0.5, 0.6) is 0 Å². The second-order valence-electron chi connectivity index (χ2n) is 7.46. The maximum Gasteiger partial charge on any atom is 0.233 e. The minimum Gasteiger partial charge on any atom is -0.424 e. The van der Waals surface area contributed by atoms with Crippen LogP contribution in [0.2, 0.25) is 0 Å². The zero-order valence-corrected chi connectivity index (χ0v) is 15.7. The molecule has 1 aromatic carbocycles. The Hall–Kier alpha value is -1.72. The van der Waals surface area contributed by atoms with E-state index in [1.165, 1.54) is 12.0 Å². The van der Waals surface area contributed by atoms with E-state index in [0.29, 0.717) is 5.92 Å². The van der Waals surface area contributed by atoms with E-state index in [0.717, 1.165) is 50.9 Å². The SMILES string of the molecule is CC(C)Cc1nnc([C@@H](C)N2CCCN(Cc3ccccc3)CC2)o1. The summed E-state index contributed by atoms with van der Waals surface area (Å²) in [5.41, 5.74) is 1.39. The van der Waals surface area contributed by atoms with Gasteiger partial charge in [0.15, 0.2) is 0 Å². The third-order valence-corrected chi connectivity index (χ3v) is 4.84. The number of benzene rings is 1. The molecule has 1 saturated heterocycles. The summed E-state index contributed by atoms with van der Waals surface area (Å²) in [5, 5.41) is 8.50. The Kier molecular flexibility index (Phi) is 6.21. The summed E-state index contributed by atoms with van der Waals surface area (Å²) in [7, 11) is 0. The van der Waals surface area contributed by atoms with Crippen molar-refractivity contribution in [1.82, 2.24) is 20.0 Å². The monoisotopic (exact) mass is 342 g/mol. The zero-order chi connectivity index (χ0) is 17.6. The van der Waals surface area contributed by atoms with Crippen molar-refractivity contribution in [2.45, 2.75) is 46.2 Å². The molecule has 0 unspecified atom stereocenters. The zero-order valence-electron chi connectivity index (χ0n) is 15.7. The lowest BCUT2D eigenvalue weighted by Crippen LogP contribution is -2.32. The van der Waals surface area contributed by atoms with Crippen LogP contribution in [0.4, 0.5) is 0 Å². The van der Waals surface area contributed by atoms with Crippen LogP contribution in [-0.2, 0) is 13.0 Å². The molecule has 0 amide bonds. The first kappa shape index (κ1) is 18.1. The van der Waals surface area contributed by atoms with Crippen molar-refractivity contribution in [3.8, 4) is 0 Å². The topological polar surface area (TPSA) is 45.4 Å². The number of hydrogen-bond acceptors (Lipinski definition) is 5. The molecule has 1 atom stereocenters. The second kappa shape index (κ2) is 8.59. The minimum absolute atomic E-state index is 0.185. The maximum atomic E-state index is 5.90. The summed E-state index contributed by atoms with van der Waals surface area (Å²) in [6.45, 7) is 11.9. The van der Waals surface area contributed by atoms with Crippen LogP contribution in [0, 0.1) is 5.92 Å². The second-order valence-corrected chi connectivity index (χ2v) is 7.46. The van der Waals surface area contributed by atoms with Crippen molar-refractivity contribution < 1.29 is 4.42 Å². The van der Waals surface area contributed by atoms with Gasteiger partial charge in [0.2, 0.25) is 11.8 Å². The average Bonchev–Trinajstić information content (AvgIpc) is 2.93. The highest BCUT2D eigenvalue weighted by atomic mass is 16.4. The number of aromatic nitrogens is 2. The van der Waals surface area contributed by atoms with Gasteiger partial charge in [0.25, 0.3) is 0 Å². The van der Waals surface area contributed by atoms with Crippen LogP contribution in [0.25, 0.3) is 0 Å². The third kappa shape index (κ3) is 5.13. The van der Waals surface area contributed by atoms with Gasteiger partial charge in [0.05, 0.1) is 6.04 Å². The molecule has 1 aromatic heterocycles. The predicted molar refractivity (Wildman–Crippen MR) is 99.2 cm³/mol. The molecule has 3 rings (SSSR count). The van der Waals surface area contributed by atoms with E-state index in [4.69, 9.17) is 4.42 Å². The molecule has 0 aliphatic carbocycles. The van der Waals surface area contributed by atoms with Gasteiger partial charge in [-0.3, -0.25) is 9.80 Å². The summed E-state index contributed by atoms with van der Waals surface area (Å²) in [6, 6.07) is 10.9. The number of hydrogen-bond donors (Lipinski definition) is 0. The van der Waals surface area contributed by atoms with Crippen LogP contribution in [0.15, 0.2) is 34.7 Å². The molecule has 5 nitrogen and oxygen atoms in total. The summed E-state index contributed by atoms with van der Waals surface area (Å²) in [6.07, 6.45) is 2.02. The Bertz CT molecular complexity index is 640. The number of rotatable bonds is 6. The van der Waals surface area contributed by atoms with E-state index in [1.54, 1.807) is 0 Å². The molecule has 2 heterocycles. The molecule has 1 aliphatic rings. The molecule has 1 aliphatic heterocycles. The van der Waals surface area contributed by atoms with E-state index >= 15 is 0 Å². The van der Waals surface area contributed by atoms with E-state index in [9.17, 15) is 0 Å². The molecule has 0 N–H and O–H groups in total. The molecule has 5 heteroatoms. The van der Waals surface area contributed by atoms with E-state index in [2.05, 4.69) is 71.1 Å². The first-order valence-corrected chi connectivity index (χ1v) is 9.44. The van der Waals surface area contributed by atoms with Crippen LogP contribution in [0.1, 0.15) is 50.6 Å². The fourth-order valence-electron chi connectivity index (χ4n) is 3.40. The summed E-state index contributed by atoms with van der Waals surface area (Å²) < 4.78 is 5.90. The van der Waals surface area contributed by atoms with E-state index in [-0.39, 0.29) is 6.04 Å². The Morgan fingerprint density at radius 1 is 1.00 bits per heavy atom. The Morgan fingerprint density at radius 3 is 2.56 bits per heavy atom. The fourth-order valence-corrected chi connectivity index (χ4v) is 3.40. The lowest BCUT2D eigenvalue weighted by molar-refractivity contribution is 0.182.